The molecular weight excluding hydrogens is 277 g/mol. The van der Waals surface area contributed by atoms with Gasteiger partial charge in [-0.05, 0) is 42.6 Å². The Labute approximate surface area is 130 Å². The highest BCUT2D eigenvalue weighted by Crippen LogP contribution is 2.19. The molecule has 1 heterocycles. The van der Waals surface area contributed by atoms with Crippen LogP contribution in [0.25, 0.3) is 0 Å². The lowest BCUT2D eigenvalue weighted by molar-refractivity contribution is 0.0973. The van der Waals surface area contributed by atoms with Crippen LogP contribution >= 0.6 is 0 Å². The van der Waals surface area contributed by atoms with Gasteiger partial charge in [0.2, 0.25) is 0 Å². The number of ketones is 1. The third-order valence-electron chi connectivity index (χ3n) is 4.23. The molecule has 2 nitrogen and oxygen atoms in total. The second-order valence-corrected chi connectivity index (χ2v) is 5.83. The van der Waals surface area contributed by atoms with Crippen molar-refractivity contribution < 1.29 is 9.18 Å². The number of hydrogen-bond acceptors (Lipinski definition) is 2. The fraction of sp³-hybridized carbons (Fsp3) is 0.316. The Kier molecular flexibility index (Phi) is 4.64. The average Bonchev–Trinajstić information content (AvgIpc) is 2.54. The van der Waals surface area contributed by atoms with Gasteiger partial charge in [-0.3, -0.25) is 9.69 Å². The molecule has 0 saturated heterocycles. The zero-order chi connectivity index (χ0) is 15.4. The molecule has 0 fully saturated rings. The summed E-state index contributed by atoms with van der Waals surface area (Å²) in [5, 5.41) is 0. The number of nitrogens with zero attached hydrogens (tertiary/aromatic N) is 1. The monoisotopic (exact) mass is 297 g/mol. The zero-order valence-electron chi connectivity index (χ0n) is 12.6. The molecule has 0 N–H and O–H groups in total. The number of hydrogen-bond donors (Lipinski definition) is 0. The van der Waals surface area contributed by atoms with E-state index in [1.54, 1.807) is 12.1 Å². The molecule has 0 aliphatic carbocycles. The first-order chi connectivity index (χ1) is 10.7. The molecule has 0 unspecified atom stereocenters. The van der Waals surface area contributed by atoms with Gasteiger partial charge in [-0.25, -0.2) is 4.39 Å². The first kappa shape index (κ1) is 14.9. The Bertz CT molecular complexity index is 668. The smallest absolute Gasteiger partial charge is 0.163 e. The summed E-state index contributed by atoms with van der Waals surface area (Å²) in [7, 11) is 0. The van der Waals surface area contributed by atoms with Crippen molar-refractivity contribution in [1.29, 1.82) is 0 Å². The number of Topliss-reactive ketones (excluding diaryl/α,β-unsaturated/α-hetero) is 1. The number of rotatable bonds is 5. The third kappa shape index (κ3) is 3.60. The van der Waals surface area contributed by atoms with Gasteiger partial charge in [-0.1, -0.05) is 36.4 Å². The van der Waals surface area contributed by atoms with Crippen molar-refractivity contribution in [3.8, 4) is 0 Å². The Balaban J connectivity index is 1.49. The SMILES string of the molecule is O=C(CCCN1CCc2ccccc2C1)c1cccc(F)c1. The summed E-state index contributed by atoms with van der Waals surface area (Å²) in [6.07, 6.45) is 2.37. The fourth-order valence-electron chi connectivity index (χ4n) is 3.01. The molecule has 0 aromatic heterocycles. The van der Waals surface area contributed by atoms with Crippen LogP contribution in [0.2, 0.25) is 0 Å². The number of carbonyl (C=O) groups is 1. The van der Waals surface area contributed by atoms with E-state index < -0.39 is 0 Å². The van der Waals surface area contributed by atoms with E-state index in [0.717, 1.165) is 32.5 Å². The summed E-state index contributed by atoms with van der Waals surface area (Å²) >= 11 is 0. The van der Waals surface area contributed by atoms with E-state index in [0.29, 0.717) is 12.0 Å². The normalized spacial score (nSPS) is 14.6. The molecule has 0 radical (unpaired) electrons. The molecule has 2 aromatic carbocycles. The van der Waals surface area contributed by atoms with Crippen LogP contribution in [0.15, 0.2) is 48.5 Å². The summed E-state index contributed by atoms with van der Waals surface area (Å²) in [6, 6.07) is 14.5. The zero-order valence-corrected chi connectivity index (χ0v) is 12.6. The second kappa shape index (κ2) is 6.84. The lowest BCUT2D eigenvalue weighted by atomic mass is 9.99. The van der Waals surface area contributed by atoms with Gasteiger partial charge >= 0.3 is 0 Å². The summed E-state index contributed by atoms with van der Waals surface area (Å²) in [6.45, 7) is 2.92. The van der Waals surface area contributed by atoms with Crippen molar-refractivity contribution in [3.63, 3.8) is 0 Å². The molecule has 22 heavy (non-hydrogen) atoms. The molecule has 0 bridgehead atoms. The van der Waals surface area contributed by atoms with Gasteiger partial charge in [0.05, 0.1) is 0 Å². The quantitative estimate of drug-likeness (QED) is 0.781. The van der Waals surface area contributed by atoms with E-state index in [1.807, 2.05) is 0 Å². The third-order valence-corrected chi connectivity index (χ3v) is 4.23. The molecule has 1 aliphatic rings. The van der Waals surface area contributed by atoms with Crippen LogP contribution in [0.1, 0.15) is 34.3 Å². The highest BCUT2D eigenvalue weighted by Gasteiger charge is 2.15. The van der Waals surface area contributed by atoms with E-state index in [4.69, 9.17) is 0 Å². The minimum Gasteiger partial charge on any atom is -0.299 e. The summed E-state index contributed by atoms with van der Waals surface area (Å²) in [5.74, 6) is -0.324. The van der Waals surface area contributed by atoms with Crippen molar-refractivity contribution in [3.05, 3.63) is 71.0 Å². The van der Waals surface area contributed by atoms with Gasteiger partial charge in [0.1, 0.15) is 5.82 Å². The Morgan fingerprint density at radius 1 is 1.09 bits per heavy atom. The molecule has 2 aromatic rings. The molecule has 0 amide bonds. The van der Waals surface area contributed by atoms with Gasteiger partial charge in [-0.2, -0.15) is 0 Å². The molecule has 0 atom stereocenters. The molecule has 3 heteroatoms. The highest BCUT2D eigenvalue weighted by atomic mass is 19.1. The largest absolute Gasteiger partial charge is 0.299 e. The lowest BCUT2D eigenvalue weighted by Crippen LogP contribution is -2.31. The van der Waals surface area contributed by atoms with Crippen molar-refractivity contribution in [1.82, 2.24) is 4.90 Å². The van der Waals surface area contributed by atoms with Crippen LogP contribution < -0.4 is 0 Å². The molecule has 1 aliphatic heterocycles. The fourth-order valence-corrected chi connectivity index (χ4v) is 3.01. The van der Waals surface area contributed by atoms with E-state index in [-0.39, 0.29) is 11.6 Å². The van der Waals surface area contributed by atoms with Crippen molar-refractivity contribution >= 4 is 5.78 Å². The van der Waals surface area contributed by atoms with Crippen molar-refractivity contribution in [2.24, 2.45) is 0 Å². The maximum atomic E-state index is 13.1. The topological polar surface area (TPSA) is 20.3 Å². The Hall–Kier alpha value is -2.00. The summed E-state index contributed by atoms with van der Waals surface area (Å²) < 4.78 is 13.1. The van der Waals surface area contributed by atoms with Crippen LogP contribution in [0.4, 0.5) is 4.39 Å². The van der Waals surface area contributed by atoms with Crippen LogP contribution in [-0.2, 0) is 13.0 Å². The van der Waals surface area contributed by atoms with Gasteiger partial charge < -0.3 is 0 Å². The molecule has 114 valence electrons. The number of fused-ring (bicyclic) bond motifs is 1. The Morgan fingerprint density at radius 3 is 2.73 bits per heavy atom. The average molecular weight is 297 g/mol. The van der Waals surface area contributed by atoms with Gasteiger partial charge in [-0.15, -0.1) is 0 Å². The predicted molar refractivity (Wildman–Crippen MR) is 85.4 cm³/mol. The maximum absolute atomic E-state index is 13.1. The molecule has 0 saturated carbocycles. The first-order valence-electron chi connectivity index (χ1n) is 7.80. The minimum absolute atomic E-state index is 0.0249. The highest BCUT2D eigenvalue weighted by molar-refractivity contribution is 5.95. The Morgan fingerprint density at radius 2 is 1.91 bits per heavy atom. The first-order valence-corrected chi connectivity index (χ1v) is 7.80. The van der Waals surface area contributed by atoms with Crippen molar-refractivity contribution in [2.45, 2.75) is 25.8 Å². The van der Waals surface area contributed by atoms with Gasteiger partial charge in [0.25, 0.3) is 0 Å². The van der Waals surface area contributed by atoms with Crippen LogP contribution in [0.3, 0.4) is 0 Å². The number of carbonyl (C=O) groups excluding carboxylic acids is 1. The number of halogens is 1. The lowest BCUT2D eigenvalue weighted by Gasteiger charge is -2.28. The molecule has 0 spiro atoms. The van der Waals surface area contributed by atoms with Crippen LogP contribution in [0.5, 0.6) is 0 Å². The van der Waals surface area contributed by atoms with E-state index >= 15 is 0 Å². The van der Waals surface area contributed by atoms with Gasteiger partial charge in [0, 0.05) is 25.1 Å². The van der Waals surface area contributed by atoms with Gasteiger partial charge in [0.15, 0.2) is 5.78 Å². The standard InChI is InChI=1S/C19H20FNO/c20-18-8-3-7-16(13-18)19(22)9-4-11-21-12-10-15-5-1-2-6-17(15)14-21/h1-3,5-8,13H,4,9-12,14H2. The molecule has 3 rings (SSSR count). The van der Waals surface area contributed by atoms with E-state index in [9.17, 15) is 9.18 Å². The maximum Gasteiger partial charge on any atom is 0.163 e. The van der Waals surface area contributed by atoms with E-state index in [2.05, 4.69) is 29.2 Å². The van der Waals surface area contributed by atoms with Crippen LogP contribution in [0, 0.1) is 5.82 Å². The van der Waals surface area contributed by atoms with E-state index in [1.165, 1.54) is 23.3 Å². The van der Waals surface area contributed by atoms with Crippen molar-refractivity contribution in [2.75, 3.05) is 13.1 Å². The predicted octanol–water partition coefficient (Wildman–Crippen LogP) is 3.85. The van der Waals surface area contributed by atoms with Crippen LogP contribution in [-0.4, -0.2) is 23.8 Å². The second-order valence-electron chi connectivity index (χ2n) is 5.83. The molecular formula is C19H20FNO. The number of benzene rings is 2. The summed E-state index contributed by atoms with van der Waals surface area (Å²) in [5.41, 5.74) is 3.31. The minimum atomic E-state index is -0.349. The summed E-state index contributed by atoms with van der Waals surface area (Å²) in [4.78, 5) is 14.4.